The van der Waals surface area contributed by atoms with E-state index < -0.39 is 15.3 Å². The Balaban J connectivity index is -0.000000102. The minimum atomic E-state index is -1.50. The van der Waals surface area contributed by atoms with Crippen LogP contribution in [0.1, 0.15) is 6.92 Å². The number of aliphatic hydroxyl groups excluding tert-OH is 3. The first-order valence-electron chi connectivity index (χ1n) is 4.78. The lowest BCUT2D eigenvalue weighted by Crippen LogP contribution is -2.22. The summed E-state index contributed by atoms with van der Waals surface area (Å²) in [4.78, 5) is 25.1. The van der Waals surface area contributed by atoms with Gasteiger partial charge in [0.15, 0.2) is 0 Å². The predicted octanol–water partition coefficient (Wildman–Crippen LogP) is -1.83. The van der Waals surface area contributed by atoms with Crippen LogP contribution in [0.5, 0.6) is 0 Å². The molecule has 0 radical (unpaired) electrons. The zero-order chi connectivity index (χ0) is 18.0. The zero-order valence-corrected chi connectivity index (χ0v) is 10.8. The van der Waals surface area contributed by atoms with E-state index in [1.807, 2.05) is 0 Å². The molecule has 0 spiro atoms. The zero-order valence-electron chi connectivity index (χ0n) is 10.8. The molecule has 15 heteroatoms. The van der Waals surface area contributed by atoms with Gasteiger partial charge >= 0.3 is 0 Å². The van der Waals surface area contributed by atoms with Gasteiger partial charge in [0.25, 0.3) is 15.3 Å². The van der Waals surface area contributed by atoms with Gasteiger partial charge in [-0.15, -0.1) is 30.3 Å². The Kier molecular flexibility index (Phi) is 25.4. The Morgan fingerprint density at radius 3 is 1.00 bits per heavy atom. The summed E-state index contributed by atoms with van der Waals surface area (Å²) < 4.78 is 0. The van der Waals surface area contributed by atoms with Crippen LogP contribution in [0.15, 0.2) is 0 Å². The summed E-state index contributed by atoms with van der Waals surface area (Å²) >= 11 is 0. The van der Waals surface area contributed by atoms with Gasteiger partial charge in [-0.25, -0.2) is 0 Å². The Bertz CT molecular complexity index is 229. The Morgan fingerprint density at radius 1 is 0.762 bits per heavy atom. The predicted molar refractivity (Wildman–Crippen MR) is 60.3 cm³/mol. The van der Waals surface area contributed by atoms with E-state index in [1.54, 1.807) is 6.92 Å². The molecule has 0 aromatic heterocycles. The topological polar surface area (TPSA) is 251 Å². The van der Waals surface area contributed by atoms with Crippen LogP contribution in [0, 0.1) is 42.2 Å². The maximum atomic E-state index is 8.56. The van der Waals surface area contributed by atoms with Gasteiger partial charge in [-0.2, -0.15) is 0 Å². The van der Waals surface area contributed by atoms with Crippen molar-refractivity contribution in [2.24, 2.45) is 11.8 Å². The van der Waals surface area contributed by atoms with Crippen LogP contribution in [-0.4, -0.2) is 66.0 Å². The first kappa shape index (κ1) is 26.9. The average molecular weight is 323 g/mol. The van der Waals surface area contributed by atoms with E-state index in [-0.39, 0.29) is 31.7 Å². The number of aliphatic hydroxyl groups is 3. The molecule has 0 aromatic rings. The highest BCUT2D eigenvalue weighted by Crippen LogP contribution is 2.07. The lowest BCUT2D eigenvalue weighted by molar-refractivity contribution is -0.742. The van der Waals surface area contributed by atoms with Crippen molar-refractivity contribution < 1.29 is 46.2 Å². The van der Waals surface area contributed by atoms with Crippen molar-refractivity contribution in [2.45, 2.75) is 6.92 Å². The quantitative estimate of drug-likeness (QED) is 0.247. The second-order valence-electron chi connectivity index (χ2n) is 3.00. The number of rotatable bonds is 4. The van der Waals surface area contributed by atoms with E-state index >= 15 is 0 Å². The number of nitrogens with zero attached hydrogens (tertiary/aromatic N) is 3. The Hall–Kier alpha value is -2.52. The van der Waals surface area contributed by atoms with E-state index in [2.05, 4.69) is 0 Å². The Labute approximate surface area is 116 Å². The SMILES string of the molecule is CC(CO)C(CO)CO.O=[N+]([O-])O.O=[N+]([O-])O.O=[N+]([O-])O. The van der Waals surface area contributed by atoms with Gasteiger partial charge in [0.2, 0.25) is 0 Å². The van der Waals surface area contributed by atoms with Crippen molar-refractivity contribution in [1.82, 2.24) is 0 Å². The largest absolute Gasteiger partial charge is 0.396 e. The number of hydrogen-bond donors (Lipinski definition) is 6. The molecule has 1 atom stereocenters. The smallest absolute Gasteiger partial charge is 0.291 e. The maximum absolute atomic E-state index is 8.56. The van der Waals surface area contributed by atoms with Crippen molar-refractivity contribution >= 4 is 0 Å². The highest BCUT2D eigenvalue weighted by molar-refractivity contribution is 4.62. The molecule has 128 valence electrons. The van der Waals surface area contributed by atoms with Crippen LogP contribution in [-0.2, 0) is 0 Å². The standard InChI is InChI=1S/C6H14O3.3HNO3/c1-5(2-7)6(3-8)4-9;3*2-1(3)4/h5-9H,2-4H2,1H3;3*(H,2,3,4). The van der Waals surface area contributed by atoms with Crippen LogP contribution in [0.4, 0.5) is 0 Å². The van der Waals surface area contributed by atoms with Gasteiger partial charge in [-0.1, -0.05) is 6.92 Å². The molecule has 6 N–H and O–H groups in total. The molecule has 0 aliphatic heterocycles. The summed E-state index contributed by atoms with van der Waals surface area (Å²) in [6, 6.07) is 0. The van der Waals surface area contributed by atoms with E-state index in [0.717, 1.165) is 0 Å². The average Bonchev–Trinajstić information content (AvgIpc) is 2.28. The fraction of sp³-hybridized carbons (Fsp3) is 1.00. The van der Waals surface area contributed by atoms with Crippen molar-refractivity contribution in [2.75, 3.05) is 19.8 Å². The van der Waals surface area contributed by atoms with E-state index in [9.17, 15) is 0 Å². The summed E-state index contributed by atoms with van der Waals surface area (Å²) in [5.74, 6) is -0.185. The van der Waals surface area contributed by atoms with Crippen molar-refractivity contribution in [3.8, 4) is 0 Å². The summed E-state index contributed by atoms with van der Waals surface area (Å²) in [6.45, 7) is 1.69. The first-order valence-corrected chi connectivity index (χ1v) is 4.78. The molecular weight excluding hydrogens is 306 g/mol. The van der Waals surface area contributed by atoms with Crippen LogP contribution >= 0.6 is 0 Å². The molecule has 0 aliphatic rings. The van der Waals surface area contributed by atoms with Crippen LogP contribution in [0.25, 0.3) is 0 Å². The summed E-state index contributed by atoms with van der Waals surface area (Å²) in [7, 11) is 0. The van der Waals surface area contributed by atoms with E-state index in [1.165, 1.54) is 0 Å². The molecule has 0 saturated heterocycles. The van der Waals surface area contributed by atoms with E-state index in [0.29, 0.717) is 0 Å². The molecule has 1 unspecified atom stereocenters. The molecule has 0 aromatic carbocycles. The van der Waals surface area contributed by atoms with Gasteiger partial charge in [0, 0.05) is 25.7 Å². The highest BCUT2D eigenvalue weighted by atomic mass is 16.9. The van der Waals surface area contributed by atoms with Gasteiger partial charge in [-0.05, 0) is 5.92 Å². The Morgan fingerprint density at radius 2 is 0.952 bits per heavy atom. The molecular formula is C6H17N3O12. The highest BCUT2D eigenvalue weighted by Gasteiger charge is 2.13. The fourth-order valence-electron chi connectivity index (χ4n) is 0.567. The number of hydrogen-bond acceptors (Lipinski definition) is 9. The van der Waals surface area contributed by atoms with Crippen molar-refractivity contribution in [3.63, 3.8) is 0 Å². The molecule has 0 fully saturated rings. The molecule has 0 bridgehead atoms. The third-order valence-electron chi connectivity index (χ3n) is 1.56. The third-order valence-corrected chi connectivity index (χ3v) is 1.56. The summed E-state index contributed by atoms with van der Waals surface area (Å²) in [6.07, 6.45) is 0. The normalized spacial score (nSPS) is 9.57. The maximum Gasteiger partial charge on any atom is 0.291 e. The monoisotopic (exact) mass is 323 g/mol. The fourth-order valence-corrected chi connectivity index (χ4v) is 0.567. The molecule has 15 nitrogen and oxygen atoms in total. The summed E-state index contributed by atoms with van der Waals surface area (Å²) in [5, 5.41) is 66.6. The third kappa shape index (κ3) is 74.9. The van der Waals surface area contributed by atoms with Gasteiger partial charge in [0.1, 0.15) is 0 Å². The van der Waals surface area contributed by atoms with Crippen LogP contribution < -0.4 is 0 Å². The first-order chi connectivity index (χ1) is 9.45. The summed E-state index contributed by atoms with van der Waals surface area (Å²) in [5.41, 5.74) is 0. The van der Waals surface area contributed by atoms with Crippen LogP contribution in [0.2, 0.25) is 0 Å². The van der Waals surface area contributed by atoms with E-state index in [4.69, 9.17) is 61.3 Å². The minimum absolute atomic E-state index is 0.0139. The van der Waals surface area contributed by atoms with Gasteiger partial charge in [-0.3, -0.25) is 0 Å². The van der Waals surface area contributed by atoms with Crippen molar-refractivity contribution in [1.29, 1.82) is 0 Å². The second-order valence-corrected chi connectivity index (χ2v) is 3.00. The van der Waals surface area contributed by atoms with Crippen molar-refractivity contribution in [3.05, 3.63) is 30.3 Å². The second kappa shape index (κ2) is 19.8. The van der Waals surface area contributed by atoms with Crippen LogP contribution in [0.3, 0.4) is 0 Å². The van der Waals surface area contributed by atoms with Gasteiger partial charge < -0.3 is 30.9 Å². The molecule has 0 amide bonds. The van der Waals surface area contributed by atoms with Gasteiger partial charge in [0.05, 0.1) is 0 Å². The molecule has 0 saturated carbocycles. The lowest BCUT2D eigenvalue weighted by atomic mass is 9.97. The lowest BCUT2D eigenvalue weighted by Gasteiger charge is -2.16. The molecule has 0 aliphatic carbocycles. The molecule has 21 heavy (non-hydrogen) atoms. The molecule has 0 rings (SSSR count). The minimum Gasteiger partial charge on any atom is -0.396 e. The molecule has 0 heterocycles.